The molecule has 5 nitrogen and oxygen atoms in total. The molecule has 2 atom stereocenters. The van der Waals surface area contributed by atoms with Gasteiger partial charge in [-0.3, -0.25) is 10.1 Å². The number of imide groups is 1. The summed E-state index contributed by atoms with van der Waals surface area (Å²) in [7, 11) is 3.43. The van der Waals surface area contributed by atoms with Crippen molar-refractivity contribution in [3.8, 4) is 0 Å². The summed E-state index contributed by atoms with van der Waals surface area (Å²) in [5, 5.41) is 4.80. The monoisotopic (exact) mass is 390 g/mol. The third kappa shape index (κ3) is 4.66. The van der Waals surface area contributed by atoms with Gasteiger partial charge in [0.1, 0.15) is 6.54 Å². The maximum Gasteiger partial charge on any atom is 0.321 e. The van der Waals surface area contributed by atoms with Crippen LogP contribution in [0.3, 0.4) is 0 Å². The topological polar surface area (TPSA) is 62.6 Å². The number of hydrogen-bond acceptors (Lipinski definition) is 2. The lowest BCUT2D eigenvalue weighted by Gasteiger charge is -2.24. The minimum Gasteiger partial charge on any atom is -0.341 e. The van der Waals surface area contributed by atoms with Crippen LogP contribution in [0.25, 0.3) is 0 Å². The number of halogens is 1. The fraction of sp³-hybridized carbons (Fsp3) is 0.222. The highest BCUT2D eigenvalue weighted by molar-refractivity contribution is 9.10. The van der Waals surface area contributed by atoms with Crippen LogP contribution in [0.15, 0.2) is 59.1 Å². The quantitative estimate of drug-likeness (QED) is 0.726. The van der Waals surface area contributed by atoms with E-state index in [-0.39, 0.29) is 5.91 Å². The second kappa shape index (κ2) is 8.61. The Hall–Kier alpha value is -2.18. The third-order valence-corrected chi connectivity index (χ3v) is 4.55. The Morgan fingerprint density at radius 3 is 2.33 bits per heavy atom. The van der Waals surface area contributed by atoms with Crippen LogP contribution < -0.4 is 15.5 Å². The number of carbonyl (C=O) groups excluding carboxylic acids is 2. The normalized spacial score (nSPS) is 13.0. The Kier molecular flexibility index (Phi) is 6.52. The van der Waals surface area contributed by atoms with Gasteiger partial charge in [-0.2, -0.15) is 0 Å². The zero-order valence-electron chi connectivity index (χ0n) is 13.7. The zero-order valence-corrected chi connectivity index (χ0v) is 15.3. The van der Waals surface area contributed by atoms with Gasteiger partial charge in [0.05, 0.1) is 7.05 Å². The predicted octanol–water partition coefficient (Wildman–Crippen LogP) is 1.66. The number of carbonyl (C=O) groups is 2. The van der Waals surface area contributed by atoms with Crippen molar-refractivity contribution in [2.75, 3.05) is 14.1 Å². The molecule has 2 aromatic carbocycles. The van der Waals surface area contributed by atoms with Crippen LogP contribution in [0, 0.1) is 0 Å². The van der Waals surface area contributed by atoms with Gasteiger partial charge in [-0.05, 0) is 6.07 Å². The van der Waals surface area contributed by atoms with Gasteiger partial charge in [0.25, 0.3) is 5.91 Å². The fourth-order valence-electron chi connectivity index (χ4n) is 2.60. The number of rotatable bonds is 5. The Labute approximate surface area is 150 Å². The number of urea groups is 1. The molecule has 0 spiro atoms. The molecule has 0 aliphatic heterocycles. The van der Waals surface area contributed by atoms with Crippen molar-refractivity contribution in [2.45, 2.75) is 12.6 Å². The molecule has 0 radical (unpaired) electrons. The summed E-state index contributed by atoms with van der Waals surface area (Å²) < 4.78 is 1.00. The van der Waals surface area contributed by atoms with Crippen LogP contribution >= 0.6 is 15.9 Å². The molecule has 1 unspecified atom stereocenters. The summed E-state index contributed by atoms with van der Waals surface area (Å²) in [6.07, 6.45) is 0. The lowest BCUT2D eigenvalue weighted by molar-refractivity contribution is -0.916. The van der Waals surface area contributed by atoms with Crippen molar-refractivity contribution in [1.82, 2.24) is 10.6 Å². The number of benzene rings is 2. The van der Waals surface area contributed by atoms with E-state index in [1.54, 1.807) is 0 Å². The van der Waals surface area contributed by atoms with Crippen LogP contribution in [0.1, 0.15) is 17.2 Å². The van der Waals surface area contributed by atoms with Crippen molar-refractivity contribution < 1.29 is 14.5 Å². The van der Waals surface area contributed by atoms with E-state index in [0.717, 1.165) is 20.5 Å². The van der Waals surface area contributed by atoms with Crippen molar-refractivity contribution in [1.29, 1.82) is 0 Å². The molecule has 0 aliphatic carbocycles. The molecule has 2 aromatic rings. The minimum atomic E-state index is -0.505. The first-order valence-electron chi connectivity index (χ1n) is 7.66. The second-order valence-electron chi connectivity index (χ2n) is 5.53. The molecular weight excluding hydrogens is 370 g/mol. The van der Waals surface area contributed by atoms with Gasteiger partial charge < -0.3 is 10.2 Å². The van der Waals surface area contributed by atoms with Crippen LogP contribution in [-0.4, -0.2) is 26.0 Å². The van der Waals surface area contributed by atoms with E-state index in [1.807, 2.05) is 61.6 Å². The molecule has 126 valence electrons. The van der Waals surface area contributed by atoms with Crippen LogP contribution in [0.2, 0.25) is 0 Å². The maximum atomic E-state index is 12.6. The molecule has 3 amide bonds. The summed E-state index contributed by atoms with van der Waals surface area (Å²) >= 11 is 3.54. The van der Waals surface area contributed by atoms with Crippen molar-refractivity contribution >= 4 is 27.9 Å². The smallest absolute Gasteiger partial charge is 0.321 e. The Balaban J connectivity index is 2.26. The van der Waals surface area contributed by atoms with Gasteiger partial charge >= 0.3 is 6.03 Å². The number of amides is 3. The summed E-state index contributed by atoms with van der Waals surface area (Å²) in [5.74, 6) is -0.329. The average Bonchev–Trinajstić information content (AvgIpc) is 2.58. The molecular formula is C18H21BrN3O2+. The molecule has 0 heterocycles. The van der Waals surface area contributed by atoms with Crippen LogP contribution in [0.5, 0.6) is 0 Å². The lowest BCUT2D eigenvalue weighted by atomic mass is 10.0. The van der Waals surface area contributed by atoms with Crippen molar-refractivity contribution in [2.24, 2.45) is 0 Å². The Morgan fingerprint density at radius 2 is 1.71 bits per heavy atom. The van der Waals surface area contributed by atoms with E-state index in [9.17, 15) is 9.59 Å². The van der Waals surface area contributed by atoms with Gasteiger partial charge in [0.15, 0.2) is 6.04 Å². The third-order valence-electron chi connectivity index (χ3n) is 3.78. The molecule has 24 heavy (non-hydrogen) atoms. The molecule has 0 saturated heterocycles. The van der Waals surface area contributed by atoms with Crippen LogP contribution in [-0.2, 0) is 11.3 Å². The van der Waals surface area contributed by atoms with Gasteiger partial charge in [-0.1, -0.05) is 64.5 Å². The first kappa shape index (κ1) is 18.2. The van der Waals surface area contributed by atoms with Gasteiger partial charge in [0.2, 0.25) is 0 Å². The maximum absolute atomic E-state index is 12.6. The van der Waals surface area contributed by atoms with Crippen LogP contribution in [0.4, 0.5) is 4.79 Å². The highest BCUT2D eigenvalue weighted by atomic mass is 79.9. The number of quaternary nitrogens is 1. The Bertz CT molecular complexity index is 706. The van der Waals surface area contributed by atoms with E-state index in [0.29, 0.717) is 6.54 Å². The summed E-state index contributed by atoms with van der Waals surface area (Å²) in [5.41, 5.74) is 1.96. The van der Waals surface area contributed by atoms with Crippen molar-refractivity contribution in [3.05, 3.63) is 70.2 Å². The summed E-state index contributed by atoms with van der Waals surface area (Å²) in [4.78, 5) is 25.1. The lowest BCUT2D eigenvalue weighted by Crippen LogP contribution is -3.09. The molecule has 3 N–H and O–H groups in total. The van der Waals surface area contributed by atoms with Gasteiger partial charge in [-0.25, -0.2) is 4.79 Å². The van der Waals surface area contributed by atoms with E-state index in [4.69, 9.17) is 0 Å². The SMILES string of the molecule is CNC(=O)NC(=O)[C@@H](c1ccccc1)[NH+](C)Cc1ccccc1Br. The highest BCUT2D eigenvalue weighted by Gasteiger charge is 2.30. The molecule has 0 saturated carbocycles. The highest BCUT2D eigenvalue weighted by Crippen LogP contribution is 2.16. The second-order valence-corrected chi connectivity index (χ2v) is 6.38. The standard InChI is InChI=1S/C18H20BrN3O2/c1-20-18(24)21-17(23)16(13-8-4-3-5-9-13)22(2)12-14-10-6-7-11-15(14)19/h3-11,16H,12H2,1-2H3,(H2,20,21,23,24)/p+1/t16-/m1/s1. The molecule has 6 heteroatoms. The first-order valence-corrected chi connectivity index (χ1v) is 8.45. The molecule has 0 bridgehead atoms. The average molecular weight is 391 g/mol. The van der Waals surface area contributed by atoms with E-state index < -0.39 is 12.1 Å². The predicted molar refractivity (Wildman–Crippen MR) is 96.5 cm³/mol. The zero-order chi connectivity index (χ0) is 17.5. The van der Waals surface area contributed by atoms with Crippen molar-refractivity contribution in [3.63, 3.8) is 0 Å². The first-order chi connectivity index (χ1) is 11.5. The largest absolute Gasteiger partial charge is 0.341 e. The number of nitrogens with one attached hydrogen (secondary N) is 3. The minimum absolute atomic E-state index is 0.329. The molecule has 0 aromatic heterocycles. The molecule has 0 aliphatic rings. The van der Waals surface area contributed by atoms with E-state index >= 15 is 0 Å². The van der Waals surface area contributed by atoms with Gasteiger partial charge in [-0.15, -0.1) is 0 Å². The summed E-state index contributed by atoms with van der Waals surface area (Å²) in [6.45, 7) is 0.641. The molecule has 2 rings (SSSR count). The van der Waals surface area contributed by atoms with Gasteiger partial charge in [0, 0.05) is 22.6 Å². The fourth-order valence-corrected chi connectivity index (χ4v) is 3.02. The Morgan fingerprint density at radius 1 is 1.08 bits per heavy atom. The number of likely N-dealkylation sites (N-methyl/N-ethyl adjacent to an activating group) is 1. The number of hydrogen-bond donors (Lipinski definition) is 3. The molecule has 0 fully saturated rings. The van der Waals surface area contributed by atoms with E-state index in [1.165, 1.54) is 7.05 Å². The summed E-state index contributed by atoms with van der Waals surface area (Å²) in [6, 6.07) is 16.4. The van der Waals surface area contributed by atoms with E-state index in [2.05, 4.69) is 26.6 Å².